The SMILES string of the molecule is CCCOc1ccc2[nH]cc(C(=O)c3coc(C)c3)c2c1. The molecule has 0 aliphatic rings. The number of rotatable bonds is 5. The van der Waals surface area contributed by atoms with Crippen LogP contribution in [0.15, 0.2) is 41.1 Å². The molecular weight excluding hydrogens is 266 g/mol. The largest absolute Gasteiger partial charge is 0.494 e. The lowest BCUT2D eigenvalue weighted by molar-refractivity contribution is 0.103. The van der Waals surface area contributed by atoms with Gasteiger partial charge in [0, 0.05) is 22.7 Å². The minimum Gasteiger partial charge on any atom is -0.494 e. The van der Waals surface area contributed by atoms with Gasteiger partial charge in [-0.1, -0.05) is 6.92 Å². The van der Waals surface area contributed by atoms with Crippen LogP contribution < -0.4 is 4.74 Å². The topological polar surface area (TPSA) is 55.2 Å². The number of H-pyrrole nitrogens is 1. The number of benzene rings is 1. The average Bonchev–Trinajstić information content (AvgIpc) is 3.10. The van der Waals surface area contributed by atoms with E-state index in [2.05, 4.69) is 11.9 Å². The number of carbonyl (C=O) groups excluding carboxylic acids is 1. The molecule has 0 saturated carbocycles. The first-order valence-electron chi connectivity index (χ1n) is 7.03. The van der Waals surface area contributed by atoms with E-state index in [1.54, 1.807) is 12.3 Å². The van der Waals surface area contributed by atoms with Gasteiger partial charge in [0.15, 0.2) is 5.78 Å². The number of fused-ring (bicyclic) bond motifs is 1. The van der Waals surface area contributed by atoms with Crippen molar-refractivity contribution in [3.05, 3.63) is 53.6 Å². The molecule has 1 N–H and O–H groups in total. The second kappa shape index (κ2) is 5.48. The number of aryl methyl sites for hydroxylation is 1. The lowest BCUT2D eigenvalue weighted by atomic mass is 10.0. The summed E-state index contributed by atoms with van der Waals surface area (Å²) in [6.07, 6.45) is 4.18. The second-order valence-electron chi connectivity index (χ2n) is 5.03. The van der Waals surface area contributed by atoms with E-state index in [1.807, 2.05) is 25.1 Å². The maximum atomic E-state index is 12.5. The normalized spacial score (nSPS) is 11.0. The maximum Gasteiger partial charge on any atom is 0.198 e. The average molecular weight is 283 g/mol. The number of hydrogen-bond donors (Lipinski definition) is 1. The number of carbonyl (C=O) groups is 1. The van der Waals surface area contributed by atoms with E-state index >= 15 is 0 Å². The smallest absolute Gasteiger partial charge is 0.198 e. The summed E-state index contributed by atoms with van der Waals surface area (Å²) in [5, 5.41) is 0.868. The third-order valence-electron chi connectivity index (χ3n) is 3.36. The van der Waals surface area contributed by atoms with Crippen LogP contribution in [0.25, 0.3) is 10.9 Å². The summed E-state index contributed by atoms with van der Waals surface area (Å²) in [4.78, 5) is 15.7. The van der Waals surface area contributed by atoms with Gasteiger partial charge in [-0.15, -0.1) is 0 Å². The quantitative estimate of drug-likeness (QED) is 0.717. The van der Waals surface area contributed by atoms with Crippen molar-refractivity contribution in [2.75, 3.05) is 6.61 Å². The van der Waals surface area contributed by atoms with Crippen LogP contribution in [0.4, 0.5) is 0 Å². The number of hydrogen-bond acceptors (Lipinski definition) is 3. The molecule has 2 heterocycles. The van der Waals surface area contributed by atoms with Crippen LogP contribution in [-0.4, -0.2) is 17.4 Å². The van der Waals surface area contributed by atoms with Gasteiger partial charge in [0.2, 0.25) is 0 Å². The van der Waals surface area contributed by atoms with E-state index < -0.39 is 0 Å². The molecule has 0 amide bonds. The molecule has 3 rings (SSSR count). The van der Waals surface area contributed by atoms with Crippen LogP contribution in [0.2, 0.25) is 0 Å². The molecule has 3 aromatic rings. The number of aromatic nitrogens is 1. The lowest BCUT2D eigenvalue weighted by Crippen LogP contribution is -1.99. The number of ether oxygens (including phenoxy) is 1. The summed E-state index contributed by atoms with van der Waals surface area (Å²) in [5.74, 6) is 1.46. The number of ketones is 1. The highest BCUT2D eigenvalue weighted by Gasteiger charge is 2.16. The molecule has 4 heteroatoms. The zero-order chi connectivity index (χ0) is 14.8. The summed E-state index contributed by atoms with van der Waals surface area (Å²) in [5.41, 5.74) is 2.11. The Labute approximate surface area is 122 Å². The van der Waals surface area contributed by atoms with Crippen LogP contribution in [0, 0.1) is 6.92 Å². The van der Waals surface area contributed by atoms with Gasteiger partial charge in [-0.2, -0.15) is 0 Å². The molecule has 0 aliphatic carbocycles. The van der Waals surface area contributed by atoms with Gasteiger partial charge in [-0.05, 0) is 37.6 Å². The first-order valence-corrected chi connectivity index (χ1v) is 7.03. The van der Waals surface area contributed by atoms with E-state index in [0.29, 0.717) is 17.7 Å². The molecule has 0 saturated heterocycles. The van der Waals surface area contributed by atoms with Crippen molar-refractivity contribution in [2.24, 2.45) is 0 Å². The molecule has 0 fully saturated rings. The molecule has 0 radical (unpaired) electrons. The first-order chi connectivity index (χ1) is 10.2. The summed E-state index contributed by atoms with van der Waals surface area (Å²) in [7, 11) is 0. The molecule has 1 aromatic carbocycles. The highest BCUT2D eigenvalue weighted by molar-refractivity contribution is 6.16. The predicted octanol–water partition coefficient (Wildman–Crippen LogP) is 4.09. The van der Waals surface area contributed by atoms with E-state index in [0.717, 1.165) is 28.8 Å². The molecule has 108 valence electrons. The Kier molecular flexibility index (Phi) is 3.52. The molecule has 0 atom stereocenters. The van der Waals surface area contributed by atoms with Crippen molar-refractivity contribution in [1.29, 1.82) is 0 Å². The summed E-state index contributed by atoms with van der Waals surface area (Å²) < 4.78 is 10.9. The summed E-state index contributed by atoms with van der Waals surface area (Å²) in [6, 6.07) is 7.49. The number of aromatic amines is 1. The minimum atomic E-state index is -0.0502. The van der Waals surface area contributed by atoms with Crippen LogP contribution in [0.3, 0.4) is 0 Å². The van der Waals surface area contributed by atoms with Crippen LogP contribution in [0.5, 0.6) is 5.75 Å². The molecule has 0 bridgehead atoms. The van der Waals surface area contributed by atoms with Gasteiger partial charge in [-0.3, -0.25) is 4.79 Å². The number of nitrogens with one attached hydrogen (secondary N) is 1. The maximum absolute atomic E-state index is 12.5. The highest BCUT2D eigenvalue weighted by atomic mass is 16.5. The second-order valence-corrected chi connectivity index (χ2v) is 5.03. The molecule has 0 aliphatic heterocycles. The van der Waals surface area contributed by atoms with Gasteiger partial charge in [0.25, 0.3) is 0 Å². The van der Waals surface area contributed by atoms with Crippen molar-refractivity contribution < 1.29 is 13.9 Å². The molecule has 0 spiro atoms. The molecule has 0 unspecified atom stereocenters. The van der Waals surface area contributed by atoms with Crippen molar-refractivity contribution in [1.82, 2.24) is 4.98 Å². The Hall–Kier alpha value is -2.49. The Morgan fingerprint density at radius 1 is 1.33 bits per heavy atom. The van der Waals surface area contributed by atoms with E-state index in [9.17, 15) is 4.79 Å². The Morgan fingerprint density at radius 3 is 2.90 bits per heavy atom. The zero-order valence-electron chi connectivity index (χ0n) is 12.1. The van der Waals surface area contributed by atoms with Gasteiger partial charge in [-0.25, -0.2) is 0 Å². The first kappa shape index (κ1) is 13.5. The molecule has 4 nitrogen and oxygen atoms in total. The van der Waals surface area contributed by atoms with Gasteiger partial charge >= 0.3 is 0 Å². The van der Waals surface area contributed by atoms with Crippen molar-refractivity contribution in [3.8, 4) is 5.75 Å². The van der Waals surface area contributed by atoms with Gasteiger partial charge in [0.05, 0.1) is 12.2 Å². The van der Waals surface area contributed by atoms with Gasteiger partial charge < -0.3 is 14.1 Å². The van der Waals surface area contributed by atoms with E-state index in [-0.39, 0.29) is 5.78 Å². The minimum absolute atomic E-state index is 0.0502. The Bertz CT molecular complexity index is 782. The lowest BCUT2D eigenvalue weighted by Gasteiger charge is -2.04. The standard InChI is InChI=1S/C17H17NO3/c1-3-6-20-13-4-5-16-14(8-13)15(9-18-16)17(19)12-7-11(2)21-10-12/h4-5,7-10,18H,3,6H2,1-2H3. The van der Waals surface area contributed by atoms with Gasteiger partial charge in [0.1, 0.15) is 17.8 Å². The summed E-state index contributed by atoms with van der Waals surface area (Å²) in [6.45, 7) is 4.55. The predicted molar refractivity (Wildman–Crippen MR) is 81.0 cm³/mol. The molecular formula is C17H17NO3. The van der Waals surface area contributed by atoms with Crippen LogP contribution >= 0.6 is 0 Å². The summed E-state index contributed by atoms with van der Waals surface area (Å²) >= 11 is 0. The van der Waals surface area contributed by atoms with Crippen LogP contribution in [0.1, 0.15) is 35.0 Å². The third-order valence-corrected chi connectivity index (χ3v) is 3.36. The Balaban J connectivity index is 2.00. The van der Waals surface area contributed by atoms with Crippen molar-refractivity contribution >= 4 is 16.7 Å². The fraction of sp³-hybridized carbons (Fsp3) is 0.235. The monoisotopic (exact) mass is 283 g/mol. The third kappa shape index (κ3) is 2.57. The van der Waals surface area contributed by atoms with Crippen molar-refractivity contribution in [3.63, 3.8) is 0 Å². The number of furan rings is 1. The van der Waals surface area contributed by atoms with Crippen LogP contribution in [-0.2, 0) is 0 Å². The Morgan fingerprint density at radius 2 is 2.19 bits per heavy atom. The van der Waals surface area contributed by atoms with Crippen molar-refractivity contribution in [2.45, 2.75) is 20.3 Å². The van der Waals surface area contributed by atoms with E-state index in [4.69, 9.17) is 9.15 Å². The highest BCUT2D eigenvalue weighted by Crippen LogP contribution is 2.26. The fourth-order valence-corrected chi connectivity index (χ4v) is 2.32. The zero-order valence-corrected chi connectivity index (χ0v) is 12.1. The molecule has 21 heavy (non-hydrogen) atoms. The fourth-order valence-electron chi connectivity index (χ4n) is 2.32. The molecule has 2 aromatic heterocycles. The van der Waals surface area contributed by atoms with E-state index in [1.165, 1.54) is 6.26 Å².